The van der Waals surface area contributed by atoms with Crippen molar-refractivity contribution >= 4 is 6.09 Å². The lowest BCUT2D eigenvalue weighted by atomic mass is 9.90. The summed E-state index contributed by atoms with van der Waals surface area (Å²) in [5, 5.41) is 6.57. The van der Waals surface area contributed by atoms with Crippen LogP contribution in [0.25, 0.3) is 0 Å². The minimum Gasteiger partial charge on any atom is -0.444 e. The van der Waals surface area contributed by atoms with Gasteiger partial charge in [0.1, 0.15) is 5.60 Å². The Bertz CT molecular complexity index is 534. The molecule has 2 atom stereocenters. The van der Waals surface area contributed by atoms with E-state index in [1.165, 1.54) is 16.7 Å². The van der Waals surface area contributed by atoms with Gasteiger partial charge in [-0.05, 0) is 65.1 Å². The Hall–Kier alpha value is -1.55. The molecule has 0 spiro atoms. The van der Waals surface area contributed by atoms with Crippen molar-refractivity contribution in [2.75, 3.05) is 6.54 Å². The molecule has 1 aliphatic rings. The minimum atomic E-state index is -0.455. The summed E-state index contributed by atoms with van der Waals surface area (Å²) in [6, 6.07) is 6.98. The molecule has 4 nitrogen and oxygen atoms in total. The summed E-state index contributed by atoms with van der Waals surface area (Å²) >= 11 is 0. The number of ether oxygens (including phenoxy) is 1. The lowest BCUT2D eigenvalue weighted by Gasteiger charge is -2.32. The first-order valence-electron chi connectivity index (χ1n) is 8.04. The first-order chi connectivity index (χ1) is 10.2. The van der Waals surface area contributed by atoms with Crippen LogP contribution in [-0.2, 0) is 4.74 Å². The van der Waals surface area contributed by atoms with Gasteiger partial charge in [-0.3, -0.25) is 0 Å². The Morgan fingerprint density at radius 3 is 2.73 bits per heavy atom. The SMILES string of the molecule is Cc1ccc(C)c(C2CC(NC(=O)OC(C)(C)C)CCN2)c1. The summed E-state index contributed by atoms with van der Waals surface area (Å²) in [4.78, 5) is 11.9. The number of hydrogen-bond donors (Lipinski definition) is 2. The van der Waals surface area contributed by atoms with Crippen LogP contribution in [0.4, 0.5) is 4.79 Å². The normalized spacial score (nSPS) is 22.2. The number of carbonyl (C=O) groups excluding carboxylic acids is 1. The number of aryl methyl sites for hydroxylation is 2. The molecule has 1 heterocycles. The second kappa shape index (κ2) is 6.69. The summed E-state index contributed by atoms with van der Waals surface area (Å²) < 4.78 is 5.35. The van der Waals surface area contributed by atoms with E-state index in [9.17, 15) is 4.79 Å². The molecule has 2 unspecified atom stereocenters. The van der Waals surface area contributed by atoms with Crippen LogP contribution in [0.3, 0.4) is 0 Å². The maximum absolute atomic E-state index is 11.9. The molecule has 1 aliphatic heterocycles. The van der Waals surface area contributed by atoms with E-state index in [2.05, 4.69) is 42.7 Å². The van der Waals surface area contributed by atoms with Gasteiger partial charge in [0.2, 0.25) is 0 Å². The summed E-state index contributed by atoms with van der Waals surface area (Å²) in [6.45, 7) is 10.8. The third-order valence-electron chi connectivity index (χ3n) is 3.93. The van der Waals surface area contributed by atoms with Crippen LogP contribution in [0.5, 0.6) is 0 Å². The molecule has 1 amide bonds. The fraction of sp³-hybridized carbons (Fsp3) is 0.611. The van der Waals surface area contributed by atoms with Crippen LogP contribution in [0.2, 0.25) is 0 Å². The number of carbonyl (C=O) groups is 1. The molecule has 0 saturated carbocycles. The Kier molecular flexibility index (Phi) is 5.12. The quantitative estimate of drug-likeness (QED) is 0.877. The zero-order valence-corrected chi connectivity index (χ0v) is 14.3. The summed E-state index contributed by atoms with van der Waals surface area (Å²) in [5.41, 5.74) is 3.44. The molecular weight excluding hydrogens is 276 g/mol. The Balaban J connectivity index is 2.00. The van der Waals surface area contributed by atoms with E-state index < -0.39 is 5.60 Å². The standard InChI is InChI=1S/C18H28N2O2/c1-12-6-7-13(2)15(10-12)16-11-14(8-9-19-16)20-17(21)22-18(3,4)5/h6-7,10,14,16,19H,8-9,11H2,1-5H3,(H,20,21). The van der Waals surface area contributed by atoms with Gasteiger partial charge < -0.3 is 15.4 Å². The average molecular weight is 304 g/mol. The predicted molar refractivity (Wildman–Crippen MR) is 89.1 cm³/mol. The van der Waals surface area contributed by atoms with Gasteiger partial charge in [-0.1, -0.05) is 23.8 Å². The molecule has 122 valence electrons. The Morgan fingerprint density at radius 1 is 1.32 bits per heavy atom. The summed E-state index contributed by atoms with van der Waals surface area (Å²) in [7, 11) is 0. The number of alkyl carbamates (subject to hydrolysis) is 1. The van der Waals surface area contributed by atoms with Gasteiger partial charge in [-0.2, -0.15) is 0 Å². The van der Waals surface area contributed by atoms with E-state index in [1.807, 2.05) is 20.8 Å². The van der Waals surface area contributed by atoms with Crippen molar-refractivity contribution in [1.82, 2.24) is 10.6 Å². The van der Waals surface area contributed by atoms with E-state index in [4.69, 9.17) is 4.74 Å². The largest absolute Gasteiger partial charge is 0.444 e. The maximum atomic E-state index is 11.9. The van der Waals surface area contributed by atoms with Gasteiger partial charge in [0.05, 0.1) is 0 Å². The van der Waals surface area contributed by atoms with Crippen LogP contribution in [0.15, 0.2) is 18.2 Å². The molecule has 4 heteroatoms. The molecule has 0 aliphatic carbocycles. The lowest BCUT2D eigenvalue weighted by molar-refractivity contribution is 0.0490. The van der Waals surface area contributed by atoms with E-state index in [0.29, 0.717) is 0 Å². The highest BCUT2D eigenvalue weighted by Crippen LogP contribution is 2.27. The molecule has 1 aromatic rings. The van der Waals surface area contributed by atoms with Crippen molar-refractivity contribution in [2.24, 2.45) is 0 Å². The van der Waals surface area contributed by atoms with Crippen LogP contribution >= 0.6 is 0 Å². The monoisotopic (exact) mass is 304 g/mol. The number of piperidine rings is 1. The van der Waals surface area contributed by atoms with Gasteiger partial charge in [0.25, 0.3) is 0 Å². The number of rotatable bonds is 2. The van der Waals surface area contributed by atoms with E-state index >= 15 is 0 Å². The van der Waals surface area contributed by atoms with Crippen molar-refractivity contribution in [3.05, 3.63) is 34.9 Å². The number of benzene rings is 1. The molecule has 0 radical (unpaired) electrons. The average Bonchev–Trinajstić information content (AvgIpc) is 2.39. The fourth-order valence-corrected chi connectivity index (χ4v) is 2.90. The van der Waals surface area contributed by atoms with Crippen LogP contribution in [-0.4, -0.2) is 24.3 Å². The van der Waals surface area contributed by atoms with Gasteiger partial charge in [0.15, 0.2) is 0 Å². The van der Waals surface area contributed by atoms with E-state index in [1.54, 1.807) is 0 Å². The van der Waals surface area contributed by atoms with E-state index in [0.717, 1.165) is 19.4 Å². The predicted octanol–water partition coefficient (Wildman–Crippen LogP) is 3.62. The van der Waals surface area contributed by atoms with Gasteiger partial charge >= 0.3 is 6.09 Å². The van der Waals surface area contributed by atoms with E-state index in [-0.39, 0.29) is 18.2 Å². The highest BCUT2D eigenvalue weighted by atomic mass is 16.6. The highest BCUT2D eigenvalue weighted by molar-refractivity contribution is 5.68. The van der Waals surface area contributed by atoms with Gasteiger partial charge in [-0.25, -0.2) is 4.79 Å². The number of nitrogens with one attached hydrogen (secondary N) is 2. The molecule has 1 saturated heterocycles. The molecule has 0 aromatic heterocycles. The van der Waals surface area contributed by atoms with Crippen LogP contribution in [0, 0.1) is 13.8 Å². The van der Waals surface area contributed by atoms with Gasteiger partial charge in [-0.15, -0.1) is 0 Å². The van der Waals surface area contributed by atoms with Crippen molar-refractivity contribution in [1.29, 1.82) is 0 Å². The molecule has 22 heavy (non-hydrogen) atoms. The van der Waals surface area contributed by atoms with Crippen molar-refractivity contribution < 1.29 is 9.53 Å². The second-order valence-corrected chi connectivity index (χ2v) is 7.23. The Morgan fingerprint density at radius 2 is 2.05 bits per heavy atom. The number of hydrogen-bond acceptors (Lipinski definition) is 3. The lowest BCUT2D eigenvalue weighted by Crippen LogP contribution is -2.45. The molecule has 1 aromatic carbocycles. The first kappa shape index (κ1) is 16.8. The fourth-order valence-electron chi connectivity index (χ4n) is 2.90. The minimum absolute atomic E-state index is 0.154. The topological polar surface area (TPSA) is 50.4 Å². The summed E-state index contributed by atoms with van der Waals surface area (Å²) in [6.07, 6.45) is 1.50. The van der Waals surface area contributed by atoms with Crippen molar-refractivity contribution in [2.45, 2.75) is 65.1 Å². The third-order valence-corrected chi connectivity index (χ3v) is 3.93. The van der Waals surface area contributed by atoms with Crippen molar-refractivity contribution in [3.8, 4) is 0 Å². The zero-order chi connectivity index (χ0) is 16.3. The van der Waals surface area contributed by atoms with Crippen molar-refractivity contribution in [3.63, 3.8) is 0 Å². The molecule has 2 rings (SSSR count). The van der Waals surface area contributed by atoms with Crippen LogP contribution < -0.4 is 10.6 Å². The van der Waals surface area contributed by atoms with Crippen LogP contribution in [0.1, 0.15) is 56.3 Å². The third kappa shape index (κ3) is 4.73. The maximum Gasteiger partial charge on any atom is 0.407 e. The highest BCUT2D eigenvalue weighted by Gasteiger charge is 2.26. The number of amides is 1. The molecular formula is C18H28N2O2. The second-order valence-electron chi connectivity index (χ2n) is 7.23. The zero-order valence-electron chi connectivity index (χ0n) is 14.3. The van der Waals surface area contributed by atoms with Gasteiger partial charge in [0, 0.05) is 12.1 Å². The first-order valence-corrected chi connectivity index (χ1v) is 8.04. The molecule has 2 N–H and O–H groups in total. The smallest absolute Gasteiger partial charge is 0.407 e. The Labute approximate surface area is 133 Å². The summed E-state index contributed by atoms with van der Waals surface area (Å²) in [5.74, 6) is 0. The molecule has 0 bridgehead atoms. The molecule has 1 fully saturated rings.